The highest BCUT2D eigenvalue weighted by atomic mass is 35.5. The van der Waals surface area contributed by atoms with Crippen LogP contribution in [-0.4, -0.2) is 78.1 Å². The van der Waals surface area contributed by atoms with Gasteiger partial charge in [-0.05, 0) is 141 Å². The van der Waals surface area contributed by atoms with Crippen molar-refractivity contribution in [2.45, 2.75) is 107 Å². The minimum atomic E-state index is -0.143. The van der Waals surface area contributed by atoms with Gasteiger partial charge in [0.1, 0.15) is 22.8 Å². The number of nitrogens with zero attached hydrogens (tertiary/aromatic N) is 3. The third kappa shape index (κ3) is 11.6. The van der Waals surface area contributed by atoms with Crippen molar-refractivity contribution < 1.29 is 18.5 Å². The molecular weight excluding hydrogens is 818 g/mol. The average Bonchev–Trinajstić information content (AvgIpc) is 3.94. The van der Waals surface area contributed by atoms with Crippen LogP contribution in [0.4, 0.5) is 0 Å². The van der Waals surface area contributed by atoms with E-state index in [0.717, 1.165) is 76.4 Å². The predicted molar refractivity (Wildman–Crippen MR) is 257 cm³/mol. The number of likely N-dealkylation sites (N-methyl/N-ethyl adjacent to an activating group) is 1. The first-order valence-corrected chi connectivity index (χ1v) is 23.2. The third-order valence-electron chi connectivity index (χ3n) is 13.8. The van der Waals surface area contributed by atoms with Gasteiger partial charge in [-0.25, -0.2) is 0 Å². The number of nitrogens with one attached hydrogen (secondary N) is 2. The van der Waals surface area contributed by atoms with E-state index in [4.69, 9.17) is 20.5 Å². The standard InChI is InChI=1S/C27H32ClN3O2.C27H32N2O2/c1-19-24(25(30-33-19)22-11-7-8-12-23(22)28)26(32)29-21-14-17-27(18-15-21,31(2)3)16-13-20-9-5-4-6-10-20;1-29(2)27(20-22-11-7-4-8-12-22)17-15-23(16-18-27)28-26(30)25-14-13-24(31-25)19-21-9-5-3-6-10-21/h4-12,21H,13-18H2,1-3H3,(H,29,32);3-14,23H,15-20H2,1-2H3,(H,28,30). The Morgan fingerprint density at radius 2 is 1.17 bits per heavy atom. The molecule has 2 fully saturated rings. The SMILES string of the molecule is CN(C)C1(Cc2ccccc2)CCC(NC(=O)c2ccc(Cc3ccccc3)o2)CC1.Cc1onc(-c2ccccc2Cl)c1C(=O)NC1CCC(CCc2ccccc2)(N(C)C)CC1. The molecule has 336 valence electrons. The molecule has 10 heteroatoms. The van der Waals surface area contributed by atoms with E-state index >= 15 is 0 Å². The number of rotatable bonds is 14. The van der Waals surface area contributed by atoms with Crippen LogP contribution in [0.25, 0.3) is 11.3 Å². The molecule has 0 atom stereocenters. The van der Waals surface area contributed by atoms with Crippen molar-refractivity contribution in [3.8, 4) is 11.3 Å². The Kier molecular flexibility index (Phi) is 15.6. The number of carbonyl (C=O) groups is 2. The van der Waals surface area contributed by atoms with Crippen LogP contribution in [0.15, 0.2) is 136 Å². The van der Waals surface area contributed by atoms with Crippen LogP contribution in [0, 0.1) is 6.92 Å². The molecule has 0 aliphatic heterocycles. The number of benzene rings is 4. The lowest BCUT2D eigenvalue weighted by atomic mass is 9.75. The lowest BCUT2D eigenvalue weighted by Crippen LogP contribution is -2.52. The molecule has 4 aromatic carbocycles. The second-order valence-corrected chi connectivity index (χ2v) is 18.7. The van der Waals surface area contributed by atoms with Crippen LogP contribution in [-0.2, 0) is 19.3 Å². The summed E-state index contributed by atoms with van der Waals surface area (Å²) in [6.45, 7) is 1.77. The highest BCUT2D eigenvalue weighted by Crippen LogP contribution is 2.38. The summed E-state index contributed by atoms with van der Waals surface area (Å²) in [6.07, 6.45) is 12.0. The summed E-state index contributed by atoms with van der Waals surface area (Å²) in [6, 6.07) is 43.0. The summed E-state index contributed by atoms with van der Waals surface area (Å²) in [4.78, 5) is 30.7. The monoisotopic (exact) mass is 881 g/mol. The van der Waals surface area contributed by atoms with Crippen molar-refractivity contribution in [3.63, 3.8) is 0 Å². The molecule has 2 aliphatic carbocycles. The van der Waals surface area contributed by atoms with Crippen LogP contribution in [0.1, 0.15) is 107 Å². The number of carbonyl (C=O) groups excluding carboxylic acids is 2. The van der Waals surface area contributed by atoms with Crippen molar-refractivity contribution in [3.05, 3.63) is 172 Å². The van der Waals surface area contributed by atoms with Crippen molar-refractivity contribution in [1.82, 2.24) is 25.6 Å². The van der Waals surface area contributed by atoms with Crippen LogP contribution in [0.2, 0.25) is 5.02 Å². The number of amides is 2. The number of halogens is 1. The second-order valence-electron chi connectivity index (χ2n) is 18.3. The van der Waals surface area contributed by atoms with Crippen LogP contribution < -0.4 is 10.6 Å². The topological polar surface area (TPSA) is 104 Å². The summed E-state index contributed by atoms with van der Waals surface area (Å²) < 4.78 is 11.2. The van der Waals surface area contributed by atoms with Gasteiger partial charge in [0.2, 0.25) is 0 Å². The molecule has 0 radical (unpaired) electrons. The van der Waals surface area contributed by atoms with Crippen molar-refractivity contribution in [1.29, 1.82) is 0 Å². The van der Waals surface area contributed by atoms with E-state index < -0.39 is 0 Å². The minimum absolute atomic E-state index is 0.107. The highest BCUT2D eigenvalue weighted by Gasteiger charge is 2.39. The first-order chi connectivity index (χ1) is 30.9. The molecule has 2 aliphatic rings. The molecule has 6 aromatic rings. The fraction of sp³-hybridized carbons (Fsp3) is 0.389. The van der Waals surface area contributed by atoms with Crippen LogP contribution >= 0.6 is 11.6 Å². The molecule has 8 rings (SSSR count). The summed E-state index contributed by atoms with van der Waals surface area (Å²) >= 11 is 6.35. The first-order valence-electron chi connectivity index (χ1n) is 22.8. The van der Waals surface area contributed by atoms with Gasteiger partial charge >= 0.3 is 0 Å². The van der Waals surface area contributed by atoms with Crippen molar-refractivity contribution >= 4 is 23.4 Å². The molecule has 64 heavy (non-hydrogen) atoms. The number of aryl methyl sites for hydroxylation is 2. The molecule has 2 heterocycles. The average molecular weight is 883 g/mol. The van der Waals surface area contributed by atoms with Gasteiger partial charge in [-0.2, -0.15) is 0 Å². The van der Waals surface area contributed by atoms with Crippen molar-refractivity contribution in [2.24, 2.45) is 0 Å². The quantitative estimate of drug-likeness (QED) is 0.112. The lowest BCUT2D eigenvalue weighted by Gasteiger charge is -2.45. The second kappa shape index (κ2) is 21.5. The predicted octanol–water partition coefficient (Wildman–Crippen LogP) is 11.0. The Balaban J connectivity index is 0.000000192. The Hall–Kier alpha value is -5.48. The molecule has 2 saturated carbocycles. The number of furan rings is 1. The molecule has 2 N–H and O–H groups in total. The largest absolute Gasteiger partial charge is 0.456 e. The fourth-order valence-electron chi connectivity index (χ4n) is 9.68. The zero-order valence-electron chi connectivity index (χ0n) is 38.1. The lowest BCUT2D eigenvalue weighted by molar-refractivity contribution is 0.0717. The Bertz CT molecular complexity index is 2400. The molecule has 0 saturated heterocycles. The van der Waals surface area contributed by atoms with E-state index in [-0.39, 0.29) is 35.0 Å². The number of aromatic nitrogens is 1. The maximum absolute atomic E-state index is 13.2. The van der Waals surface area contributed by atoms with Gasteiger partial charge in [0.05, 0.1) is 5.02 Å². The number of hydrogen-bond acceptors (Lipinski definition) is 7. The third-order valence-corrected chi connectivity index (χ3v) is 14.2. The van der Waals surface area contributed by atoms with E-state index in [1.807, 2.05) is 42.5 Å². The van der Waals surface area contributed by atoms with Gasteiger partial charge in [-0.1, -0.05) is 126 Å². The van der Waals surface area contributed by atoms with E-state index in [1.165, 1.54) is 16.7 Å². The van der Waals surface area contributed by atoms with E-state index in [1.54, 1.807) is 19.1 Å². The smallest absolute Gasteiger partial charge is 0.287 e. The van der Waals surface area contributed by atoms with Gasteiger partial charge in [-0.15, -0.1) is 0 Å². The first kappa shape index (κ1) is 46.5. The van der Waals surface area contributed by atoms with Gasteiger partial charge in [0.15, 0.2) is 5.76 Å². The van der Waals surface area contributed by atoms with Gasteiger partial charge < -0.3 is 29.4 Å². The Morgan fingerprint density at radius 3 is 1.75 bits per heavy atom. The molecule has 2 aromatic heterocycles. The molecule has 0 spiro atoms. The van der Waals surface area contributed by atoms with E-state index in [2.05, 4.69) is 127 Å². The normalized spacial score (nSPS) is 20.9. The Labute approximate surface area is 384 Å². The van der Waals surface area contributed by atoms with Gasteiger partial charge in [0, 0.05) is 35.1 Å². The molecule has 0 bridgehead atoms. The Morgan fingerprint density at radius 1 is 0.656 bits per heavy atom. The summed E-state index contributed by atoms with van der Waals surface area (Å²) in [5.74, 6) is 1.47. The maximum Gasteiger partial charge on any atom is 0.287 e. The summed E-state index contributed by atoms with van der Waals surface area (Å²) in [7, 11) is 8.72. The van der Waals surface area contributed by atoms with Gasteiger partial charge in [0.25, 0.3) is 11.8 Å². The maximum atomic E-state index is 13.2. The fourth-order valence-corrected chi connectivity index (χ4v) is 9.91. The molecular formula is C54H64ClN5O4. The molecule has 0 unspecified atom stereocenters. The minimum Gasteiger partial charge on any atom is -0.456 e. The number of hydrogen-bond donors (Lipinski definition) is 2. The van der Waals surface area contributed by atoms with Crippen LogP contribution in [0.3, 0.4) is 0 Å². The molecule has 9 nitrogen and oxygen atoms in total. The van der Waals surface area contributed by atoms with E-state index in [9.17, 15) is 9.59 Å². The van der Waals surface area contributed by atoms with Crippen molar-refractivity contribution in [2.75, 3.05) is 28.2 Å². The van der Waals surface area contributed by atoms with Gasteiger partial charge in [-0.3, -0.25) is 9.59 Å². The van der Waals surface area contributed by atoms with Crippen LogP contribution in [0.5, 0.6) is 0 Å². The zero-order valence-corrected chi connectivity index (χ0v) is 38.9. The molecule has 2 amide bonds. The van der Waals surface area contributed by atoms with E-state index in [0.29, 0.717) is 39.8 Å². The summed E-state index contributed by atoms with van der Waals surface area (Å²) in [5, 5.41) is 11.1. The zero-order chi connectivity index (χ0) is 45.1. The summed E-state index contributed by atoms with van der Waals surface area (Å²) in [5.41, 5.74) is 5.91. The highest BCUT2D eigenvalue weighted by molar-refractivity contribution is 6.33.